The van der Waals surface area contributed by atoms with Crippen LogP contribution in [0.25, 0.3) is 10.9 Å². The van der Waals surface area contributed by atoms with Gasteiger partial charge in [0.2, 0.25) is 5.82 Å². The highest BCUT2D eigenvalue weighted by Gasteiger charge is 2.16. The SMILES string of the molecule is CCOC(=O)c1nc(Nc2ccc(F)cc2F)c2ccccc2n1. The molecule has 0 bridgehead atoms. The Morgan fingerprint density at radius 1 is 1.17 bits per heavy atom. The largest absolute Gasteiger partial charge is 0.460 e. The number of aromatic nitrogens is 2. The molecule has 0 unspecified atom stereocenters. The van der Waals surface area contributed by atoms with Crippen LogP contribution in [-0.4, -0.2) is 22.5 Å². The summed E-state index contributed by atoms with van der Waals surface area (Å²) in [6, 6.07) is 10.1. The zero-order valence-electron chi connectivity index (χ0n) is 12.7. The topological polar surface area (TPSA) is 64.1 Å². The van der Waals surface area contributed by atoms with Gasteiger partial charge in [-0.1, -0.05) is 12.1 Å². The minimum Gasteiger partial charge on any atom is -0.460 e. The van der Waals surface area contributed by atoms with Crippen molar-refractivity contribution < 1.29 is 18.3 Å². The normalized spacial score (nSPS) is 10.6. The van der Waals surface area contributed by atoms with Gasteiger partial charge in [-0.15, -0.1) is 0 Å². The number of nitrogens with one attached hydrogen (secondary N) is 1. The van der Waals surface area contributed by atoms with Crippen molar-refractivity contribution in [1.29, 1.82) is 0 Å². The molecule has 7 heteroatoms. The monoisotopic (exact) mass is 329 g/mol. The number of esters is 1. The molecule has 122 valence electrons. The van der Waals surface area contributed by atoms with E-state index in [9.17, 15) is 13.6 Å². The predicted molar refractivity (Wildman–Crippen MR) is 85.1 cm³/mol. The minimum absolute atomic E-state index is 0.0371. The van der Waals surface area contributed by atoms with Crippen molar-refractivity contribution in [2.45, 2.75) is 6.92 Å². The molecular weight excluding hydrogens is 316 g/mol. The van der Waals surface area contributed by atoms with Gasteiger partial charge in [0.05, 0.1) is 17.8 Å². The molecule has 0 saturated carbocycles. The molecule has 0 saturated heterocycles. The third kappa shape index (κ3) is 3.15. The van der Waals surface area contributed by atoms with E-state index in [0.29, 0.717) is 10.9 Å². The number of rotatable bonds is 4. The maximum atomic E-state index is 13.9. The van der Waals surface area contributed by atoms with Crippen LogP contribution in [0.15, 0.2) is 42.5 Å². The molecule has 24 heavy (non-hydrogen) atoms. The maximum Gasteiger partial charge on any atom is 0.376 e. The molecule has 0 radical (unpaired) electrons. The van der Waals surface area contributed by atoms with Crippen LogP contribution in [0.5, 0.6) is 0 Å². The van der Waals surface area contributed by atoms with Crippen LogP contribution in [0.4, 0.5) is 20.3 Å². The number of benzene rings is 2. The van der Waals surface area contributed by atoms with Gasteiger partial charge in [0.15, 0.2) is 0 Å². The van der Waals surface area contributed by atoms with Gasteiger partial charge < -0.3 is 10.1 Å². The summed E-state index contributed by atoms with van der Waals surface area (Å²) >= 11 is 0. The van der Waals surface area contributed by atoms with Crippen LogP contribution in [0.2, 0.25) is 0 Å². The average Bonchev–Trinajstić information content (AvgIpc) is 2.57. The molecule has 0 fully saturated rings. The van der Waals surface area contributed by atoms with Crippen LogP contribution in [0, 0.1) is 11.6 Å². The fourth-order valence-corrected chi connectivity index (χ4v) is 2.18. The van der Waals surface area contributed by atoms with Crippen LogP contribution in [-0.2, 0) is 4.74 Å². The minimum atomic E-state index is -0.768. The van der Waals surface area contributed by atoms with E-state index in [2.05, 4.69) is 15.3 Å². The summed E-state index contributed by atoms with van der Waals surface area (Å²) < 4.78 is 31.8. The summed E-state index contributed by atoms with van der Waals surface area (Å²) in [6.07, 6.45) is 0. The molecule has 0 amide bonds. The van der Waals surface area contributed by atoms with Gasteiger partial charge in [-0.05, 0) is 31.2 Å². The summed E-state index contributed by atoms with van der Waals surface area (Å²) in [5, 5.41) is 3.37. The van der Waals surface area contributed by atoms with E-state index in [1.165, 1.54) is 6.07 Å². The number of hydrogen-bond donors (Lipinski definition) is 1. The Kier molecular flexibility index (Phi) is 4.33. The van der Waals surface area contributed by atoms with Crippen molar-refractivity contribution >= 4 is 28.4 Å². The third-order valence-corrected chi connectivity index (χ3v) is 3.25. The average molecular weight is 329 g/mol. The lowest BCUT2D eigenvalue weighted by Crippen LogP contribution is -2.11. The molecule has 0 aliphatic heterocycles. The summed E-state index contributed by atoms with van der Waals surface area (Å²) in [5.41, 5.74) is 0.538. The van der Waals surface area contributed by atoms with E-state index in [4.69, 9.17) is 4.74 Å². The van der Waals surface area contributed by atoms with Gasteiger partial charge in [0.1, 0.15) is 17.5 Å². The molecule has 0 aliphatic rings. The van der Waals surface area contributed by atoms with E-state index in [1.54, 1.807) is 31.2 Å². The first-order valence-corrected chi connectivity index (χ1v) is 7.24. The summed E-state index contributed by atoms with van der Waals surface area (Å²) in [6.45, 7) is 1.86. The molecule has 0 spiro atoms. The van der Waals surface area contributed by atoms with Gasteiger partial charge in [0, 0.05) is 11.5 Å². The van der Waals surface area contributed by atoms with Crippen LogP contribution in [0.3, 0.4) is 0 Å². The first-order valence-electron chi connectivity index (χ1n) is 7.24. The van der Waals surface area contributed by atoms with Crippen molar-refractivity contribution in [3.05, 3.63) is 59.9 Å². The molecule has 2 aromatic carbocycles. The summed E-state index contributed by atoms with van der Waals surface area (Å²) in [4.78, 5) is 20.2. The number of ether oxygens (including phenoxy) is 1. The van der Waals surface area contributed by atoms with E-state index < -0.39 is 17.6 Å². The number of carbonyl (C=O) groups excluding carboxylic acids is 1. The quantitative estimate of drug-likeness (QED) is 0.737. The number of carbonyl (C=O) groups is 1. The molecule has 1 heterocycles. The number of para-hydroxylation sites is 1. The number of halogens is 2. The molecule has 3 aromatic rings. The Labute approximate surface area is 136 Å². The van der Waals surface area contributed by atoms with Gasteiger partial charge in [-0.2, -0.15) is 0 Å². The van der Waals surface area contributed by atoms with Crippen molar-refractivity contribution in [1.82, 2.24) is 9.97 Å². The van der Waals surface area contributed by atoms with Crippen molar-refractivity contribution in [2.75, 3.05) is 11.9 Å². The molecule has 0 atom stereocenters. The zero-order valence-corrected chi connectivity index (χ0v) is 12.7. The van der Waals surface area contributed by atoms with Crippen LogP contribution in [0.1, 0.15) is 17.5 Å². The third-order valence-electron chi connectivity index (χ3n) is 3.25. The Morgan fingerprint density at radius 2 is 1.96 bits per heavy atom. The van der Waals surface area contributed by atoms with E-state index in [1.807, 2.05) is 0 Å². The molecule has 1 N–H and O–H groups in total. The first-order chi connectivity index (χ1) is 11.6. The van der Waals surface area contributed by atoms with Crippen molar-refractivity contribution in [3.8, 4) is 0 Å². The number of nitrogens with zero attached hydrogens (tertiary/aromatic N) is 2. The lowest BCUT2D eigenvalue weighted by molar-refractivity contribution is 0.0512. The van der Waals surface area contributed by atoms with Gasteiger partial charge in [0.25, 0.3) is 0 Å². The van der Waals surface area contributed by atoms with Gasteiger partial charge in [-0.25, -0.2) is 23.5 Å². The Balaban J connectivity index is 2.09. The molecule has 5 nitrogen and oxygen atoms in total. The molecular formula is C17H13F2N3O2. The second kappa shape index (κ2) is 6.57. The standard InChI is InChI=1S/C17H13F2N3O2/c1-2-24-17(23)16-20-13-6-4-3-5-11(13)15(22-16)21-14-8-7-10(18)9-12(14)19/h3-9H,2H2,1H3,(H,20,21,22). The Morgan fingerprint density at radius 3 is 2.71 bits per heavy atom. The highest BCUT2D eigenvalue weighted by atomic mass is 19.1. The predicted octanol–water partition coefficient (Wildman–Crippen LogP) is 3.83. The van der Waals surface area contributed by atoms with Crippen LogP contribution >= 0.6 is 0 Å². The molecule has 3 rings (SSSR count). The summed E-state index contributed by atoms with van der Waals surface area (Å²) in [7, 11) is 0. The van der Waals surface area contributed by atoms with Gasteiger partial charge >= 0.3 is 5.97 Å². The Hall–Kier alpha value is -3.09. The smallest absolute Gasteiger partial charge is 0.376 e. The van der Waals surface area contributed by atoms with Gasteiger partial charge in [-0.3, -0.25) is 0 Å². The second-order valence-corrected chi connectivity index (χ2v) is 4.88. The zero-order chi connectivity index (χ0) is 17.1. The van der Waals surface area contributed by atoms with Crippen LogP contribution < -0.4 is 5.32 Å². The highest BCUT2D eigenvalue weighted by Crippen LogP contribution is 2.25. The fraction of sp³-hybridized carbons (Fsp3) is 0.118. The van der Waals surface area contributed by atoms with E-state index >= 15 is 0 Å². The molecule has 0 aliphatic carbocycles. The van der Waals surface area contributed by atoms with Crippen molar-refractivity contribution in [3.63, 3.8) is 0 Å². The highest BCUT2D eigenvalue weighted by molar-refractivity contribution is 5.95. The lowest BCUT2D eigenvalue weighted by atomic mass is 10.2. The van der Waals surface area contributed by atoms with E-state index in [-0.39, 0.29) is 23.9 Å². The van der Waals surface area contributed by atoms with E-state index in [0.717, 1.165) is 12.1 Å². The first kappa shape index (κ1) is 15.8. The molecule has 1 aromatic heterocycles. The lowest BCUT2D eigenvalue weighted by Gasteiger charge is -2.11. The second-order valence-electron chi connectivity index (χ2n) is 4.88. The fourth-order valence-electron chi connectivity index (χ4n) is 2.18. The number of anilines is 2. The number of fused-ring (bicyclic) bond motifs is 1. The number of hydrogen-bond acceptors (Lipinski definition) is 5. The Bertz CT molecular complexity index is 915. The maximum absolute atomic E-state index is 13.9. The summed E-state index contributed by atoms with van der Waals surface area (Å²) in [5.74, 6) is -2.03. The van der Waals surface area contributed by atoms with Crippen molar-refractivity contribution in [2.24, 2.45) is 0 Å².